The third kappa shape index (κ3) is 4.94. The first kappa shape index (κ1) is 26.9. The fourth-order valence-electron chi connectivity index (χ4n) is 6.52. The number of fused-ring (bicyclic) bond motifs is 2. The normalized spacial score (nSPS) is 20.4. The molecule has 3 aliphatic rings. The number of hydrogen-bond acceptors (Lipinski definition) is 5. The van der Waals surface area contributed by atoms with E-state index < -0.39 is 18.2 Å². The molecular weight excluding hydrogens is 564 g/mol. The highest BCUT2D eigenvalue weighted by Gasteiger charge is 2.35. The summed E-state index contributed by atoms with van der Waals surface area (Å²) >= 11 is 13.7. The molecule has 1 aliphatic carbocycles. The molecule has 10 heteroatoms. The highest BCUT2D eigenvalue weighted by atomic mass is 35.5. The average Bonchev–Trinajstić information content (AvgIpc) is 3.46. The average molecular weight is 597 g/mol. The Balaban J connectivity index is 1.20. The summed E-state index contributed by atoms with van der Waals surface area (Å²) < 4.78 is 22.8. The van der Waals surface area contributed by atoms with Crippen molar-refractivity contribution in [2.45, 2.75) is 69.7 Å². The van der Waals surface area contributed by atoms with E-state index in [0.717, 1.165) is 17.2 Å². The fraction of sp³-hybridized carbons (Fsp3) is 0.452. The number of nitrogens with zero attached hydrogens (tertiary/aromatic N) is 5. The molecule has 2 fully saturated rings. The number of benzene rings is 2. The molecule has 214 valence electrons. The van der Waals surface area contributed by atoms with Crippen LogP contribution in [0, 0.1) is 0 Å². The highest BCUT2D eigenvalue weighted by molar-refractivity contribution is 6.42. The van der Waals surface area contributed by atoms with E-state index in [1.54, 1.807) is 24.0 Å². The number of likely N-dealkylation sites (tertiary alicyclic amines) is 1. The van der Waals surface area contributed by atoms with Crippen molar-refractivity contribution in [3.05, 3.63) is 69.9 Å². The van der Waals surface area contributed by atoms with Crippen LogP contribution in [0.5, 0.6) is 0 Å². The molecular formula is C31H32Cl2FN5O2. The summed E-state index contributed by atoms with van der Waals surface area (Å²) in [5, 5.41) is 6.28. The van der Waals surface area contributed by atoms with Gasteiger partial charge in [0.1, 0.15) is 11.7 Å². The minimum atomic E-state index is -1.01. The van der Waals surface area contributed by atoms with E-state index in [4.69, 9.17) is 33.0 Å². The monoisotopic (exact) mass is 595 g/mol. The number of aromatic nitrogens is 4. The summed E-state index contributed by atoms with van der Waals surface area (Å²) in [6.45, 7) is 4.52. The Bertz CT molecular complexity index is 1600. The second-order valence-corrected chi connectivity index (χ2v) is 12.2. The lowest BCUT2D eigenvalue weighted by atomic mass is 9.88. The van der Waals surface area contributed by atoms with Gasteiger partial charge in [-0.2, -0.15) is 5.10 Å². The molecule has 1 saturated heterocycles. The largest absolute Gasteiger partial charge is 0.464 e. The van der Waals surface area contributed by atoms with Crippen LogP contribution in [0.15, 0.2) is 42.9 Å². The summed E-state index contributed by atoms with van der Waals surface area (Å²) in [5.74, 6) is 0.0586. The van der Waals surface area contributed by atoms with Crippen LogP contribution in [0.25, 0.3) is 22.0 Å². The topological polar surface area (TPSA) is 65.2 Å². The van der Waals surface area contributed by atoms with E-state index >= 15 is 0 Å². The maximum Gasteiger partial charge on any atom is 0.337 e. The Morgan fingerprint density at radius 1 is 1.15 bits per heavy atom. The molecule has 41 heavy (non-hydrogen) atoms. The van der Waals surface area contributed by atoms with Crippen LogP contribution < -0.4 is 0 Å². The smallest absolute Gasteiger partial charge is 0.337 e. The third-order valence-corrected chi connectivity index (χ3v) is 9.51. The highest BCUT2D eigenvalue weighted by Crippen LogP contribution is 2.40. The summed E-state index contributed by atoms with van der Waals surface area (Å²) in [4.78, 5) is 20.3. The predicted octanol–water partition coefficient (Wildman–Crippen LogP) is 6.60. The number of hydrogen-bond donors (Lipinski definition) is 0. The Hall–Kier alpha value is -2.94. The molecule has 4 aromatic rings. The maximum atomic E-state index is 14.2. The van der Waals surface area contributed by atoms with Crippen LogP contribution in [0.2, 0.25) is 10.0 Å². The molecule has 0 N–H and O–H groups in total. The van der Waals surface area contributed by atoms with Gasteiger partial charge in [0.2, 0.25) is 0 Å². The van der Waals surface area contributed by atoms with Gasteiger partial charge in [-0.25, -0.2) is 14.2 Å². The number of carbonyl (C=O) groups excluding carboxylic acids is 1. The van der Waals surface area contributed by atoms with Crippen LogP contribution in [0.4, 0.5) is 4.39 Å². The molecule has 1 saturated carbocycles. The molecule has 2 atom stereocenters. The molecule has 0 amide bonds. The second-order valence-electron chi connectivity index (χ2n) is 11.4. The van der Waals surface area contributed by atoms with E-state index in [-0.39, 0.29) is 19.6 Å². The molecule has 2 aromatic heterocycles. The van der Waals surface area contributed by atoms with Gasteiger partial charge in [0.15, 0.2) is 6.04 Å². The number of imidazole rings is 1. The molecule has 0 radical (unpaired) electrons. The quantitative estimate of drug-likeness (QED) is 0.225. The van der Waals surface area contributed by atoms with Crippen molar-refractivity contribution in [3.63, 3.8) is 0 Å². The summed E-state index contributed by atoms with van der Waals surface area (Å²) in [6, 6.07) is 10.3. The van der Waals surface area contributed by atoms with Gasteiger partial charge in [0.25, 0.3) is 0 Å². The summed E-state index contributed by atoms with van der Waals surface area (Å²) in [6.07, 6.45) is 7.54. The Morgan fingerprint density at radius 2 is 1.90 bits per heavy atom. The van der Waals surface area contributed by atoms with Crippen LogP contribution in [0.3, 0.4) is 0 Å². The van der Waals surface area contributed by atoms with Crippen molar-refractivity contribution in [2.24, 2.45) is 0 Å². The first-order valence-electron chi connectivity index (χ1n) is 14.5. The number of piperidine rings is 1. The number of ether oxygens (including phenoxy) is 1. The van der Waals surface area contributed by atoms with Crippen molar-refractivity contribution >= 4 is 40.1 Å². The molecule has 2 aliphatic heterocycles. The number of rotatable bonds is 7. The van der Waals surface area contributed by atoms with E-state index in [2.05, 4.69) is 34.1 Å². The van der Waals surface area contributed by atoms with Gasteiger partial charge in [0.05, 0.1) is 35.2 Å². The predicted molar refractivity (Wildman–Crippen MR) is 157 cm³/mol. The fourth-order valence-corrected chi connectivity index (χ4v) is 7.07. The van der Waals surface area contributed by atoms with E-state index in [9.17, 15) is 9.18 Å². The van der Waals surface area contributed by atoms with Gasteiger partial charge >= 0.3 is 5.97 Å². The lowest BCUT2D eigenvalue weighted by Gasteiger charge is -2.32. The Kier molecular flexibility index (Phi) is 7.04. The van der Waals surface area contributed by atoms with Crippen molar-refractivity contribution in [3.8, 4) is 11.1 Å². The molecule has 7 rings (SSSR count). The van der Waals surface area contributed by atoms with Crippen molar-refractivity contribution in [2.75, 3.05) is 19.7 Å². The van der Waals surface area contributed by atoms with Crippen LogP contribution >= 0.6 is 23.2 Å². The lowest BCUT2D eigenvalue weighted by molar-refractivity contribution is -0.146. The van der Waals surface area contributed by atoms with E-state index in [1.165, 1.54) is 49.0 Å². The molecule has 7 nitrogen and oxygen atoms in total. The van der Waals surface area contributed by atoms with Gasteiger partial charge in [-0.1, -0.05) is 47.5 Å². The number of esters is 1. The summed E-state index contributed by atoms with van der Waals surface area (Å²) in [5.41, 5.74) is 4.68. The van der Waals surface area contributed by atoms with Crippen LogP contribution in [-0.4, -0.2) is 62.1 Å². The Morgan fingerprint density at radius 3 is 2.61 bits per heavy atom. The minimum Gasteiger partial charge on any atom is -0.464 e. The molecule has 4 heterocycles. The van der Waals surface area contributed by atoms with Gasteiger partial charge in [-0.15, -0.1) is 0 Å². The summed E-state index contributed by atoms with van der Waals surface area (Å²) in [7, 11) is 0. The van der Waals surface area contributed by atoms with Crippen molar-refractivity contribution in [1.29, 1.82) is 0 Å². The van der Waals surface area contributed by atoms with Crippen LogP contribution in [0.1, 0.15) is 61.5 Å². The SMILES string of the molecule is CCOC(=O)C(c1ncn2c1C[C@@H](F)C2)n1cc2c(Cl)cc(-c3ccc(C4CCN(C5CC5)CC4)cc3)c(Cl)c2n1. The number of alkyl halides is 1. The first-order chi connectivity index (χ1) is 19.9. The maximum absolute atomic E-state index is 14.2. The van der Waals surface area contributed by atoms with Gasteiger partial charge in [0, 0.05) is 35.3 Å². The zero-order chi connectivity index (χ0) is 28.2. The number of carbonyl (C=O) groups is 1. The molecule has 0 spiro atoms. The number of halogens is 3. The lowest BCUT2D eigenvalue weighted by Crippen LogP contribution is -2.34. The first-order valence-corrected chi connectivity index (χ1v) is 15.2. The standard InChI is InChI=1S/C31H32Cl2FN5O2/c1-2-41-31(40)30(29-26-13-21(34)15-38(26)17-35-29)39-16-24-25(32)14-23(27(33)28(24)36-39)20-5-3-18(4-6-20)19-9-11-37(12-10-19)22-7-8-22/h3-6,14,16-17,19,21-22,30H,2,7-13,15H2,1H3/t21-,30?/m1/s1. The third-order valence-electron chi connectivity index (χ3n) is 8.81. The van der Waals surface area contributed by atoms with Crippen molar-refractivity contribution in [1.82, 2.24) is 24.2 Å². The molecule has 2 aromatic carbocycles. The Labute approximate surface area is 248 Å². The minimum absolute atomic E-state index is 0.188. The molecule has 0 bridgehead atoms. The van der Waals surface area contributed by atoms with Gasteiger partial charge in [-0.05, 0) is 68.8 Å². The second kappa shape index (κ2) is 10.7. The molecule has 1 unspecified atom stereocenters. The van der Waals surface area contributed by atoms with Crippen molar-refractivity contribution < 1.29 is 13.9 Å². The zero-order valence-corrected chi connectivity index (χ0v) is 24.4. The van der Waals surface area contributed by atoms with E-state index in [1.807, 2.05) is 6.07 Å². The van der Waals surface area contributed by atoms with Gasteiger partial charge < -0.3 is 14.2 Å². The zero-order valence-electron chi connectivity index (χ0n) is 22.9. The van der Waals surface area contributed by atoms with E-state index in [0.29, 0.717) is 38.3 Å². The van der Waals surface area contributed by atoms with Crippen LogP contribution in [-0.2, 0) is 22.5 Å². The van der Waals surface area contributed by atoms with Gasteiger partial charge in [-0.3, -0.25) is 4.68 Å².